The first kappa shape index (κ1) is 16.4. The Hall–Kier alpha value is -0.940. The van der Waals surface area contributed by atoms with Crippen LogP contribution in [0.4, 0.5) is 0 Å². The number of thiazole rings is 1. The number of carbonyl (C=O) groups is 1. The molecule has 1 amide bonds. The average molecular weight is 310 g/mol. The molecular weight excluding hydrogens is 284 g/mol. The lowest BCUT2D eigenvalue weighted by Gasteiger charge is -2.25. The largest absolute Gasteiger partial charge is 0.388 e. The van der Waals surface area contributed by atoms with Crippen LogP contribution in [0.15, 0.2) is 0 Å². The van der Waals surface area contributed by atoms with Gasteiger partial charge in [-0.15, -0.1) is 11.3 Å². The van der Waals surface area contributed by atoms with Crippen molar-refractivity contribution >= 4 is 17.2 Å². The van der Waals surface area contributed by atoms with Crippen LogP contribution in [-0.4, -0.2) is 28.1 Å². The predicted octanol–water partition coefficient (Wildman–Crippen LogP) is 3.39. The highest BCUT2D eigenvalue weighted by Crippen LogP contribution is 2.37. The van der Waals surface area contributed by atoms with Crippen molar-refractivity contribution in [3.05, 3.63) is 15.6 Å². The molecule has 0 bridgehead atoms. The summed E-state index contributed by atoms with van der Waals surface area (Å²) in [4.78, 5) is 17.6. The summed E-state index contributed by atoms with van der Waals surface area (Å²) in [6.07, 6.45) is 6.20. The standard InChI is InChI=1S/C16H26N2O2S/c1-4-16(20,5-2)10-17-14(19)13-11(3)18-15(21-13)12-8-6-7-9-12/h12,20H,4-10H2,1-3H3,(H,17,19). The molecule has 0 unspecified atom stereocenters. The van der Waals surface area contributed by atoms with Gasteiger partial charge in [0, 0.05) is 12.5 Å². The summed E-state index contributed by atoms with van der Waals surface area (Å²) in [5, 5.41) is 14.2. The van der Waals surface area contributed by atoms with Crippen molar-refractivity contribution in [3.8, 4) is 0 Å². The summed E-state index contributed by atoms with van der Waals surface area (Å²) in [5.41, 5.74) is 0.0126. The van der Waals surface area contributed by atoms with E-state index in [0.717, 1.165) is 10.7 Å². The summed E-state index contributed by atoms with van der Waals surface area (Å²) in [6.45, 7) is 6.07. The number of hydrogen-bond donors (Lipinski definition) is 2. The van der Waals surface area contributed by atoms with Crippen LogP contribution in [0.1, 0.15) is 78.7 Å². The molecule has 21 heavy (non-hydrogen) atoms. The number of aliphatic hydroxyl groups is 1. The Balaban J connectivity index is 2.02. The number of nitrogens with zero attached hydrogens (tertiary/aromatic N) is 1. The summed E-state index contributed by atoms with van der Waals surface area (Å²) in [6, 6.07) is 0. The Labute approximate surface area is 131 Å². The Morgan fingerprint density at radius 3 is 2.57 bits per heavy atom. The molecule has 1 aliphatic carbocycles. The number of nitrogens with one attached hydrogen (secondary N) is 1. The zero-order chi connectivity index (χ0) is 15.5. The zero-order valence-electron chi connectivity index (χ0n) is 13.2. The van der Waals surface area contributed by atoms with E-state index in [1.165, 1.54) is 37.0 Å². The van der Waals surface area contributed by atoms with Gasteiger partial charge in [-0.1, -0.05) is 26.7 Å². The van der Waals surface area contributed by atoms with E-state index >= 15 is 0 Å². The van der Waals surface area contributed by atoms with Gasteiger partial charge in [0.1, 0.15) is 4.88 Å². The molecule has 1 fully saturated rings. The quantitative estimate of drug-likeness (QED) is 0.846. The van der Waals surface area contributed by atoms with Crippen LogP contribution in [-0.2, 0) is 0 Å². The molecule has 118 valence electrons. The Morgan fingerprint density at radius 2 is 2.00 bits per heavy atom. The molecule has 1 aliphatic rings. The molecule has 2 N–H and O–H groups in total. The second-order valence-electron chi connectivity index (χ2n) is 6.06. The maximum Gasteiger partial charge on any atom is 0.263 e. The minimum Gasteiger partial charge on any atom is -0.388 e. The lowest BCUT2D eigenvalue weighted by atomic mass is 9.97. The fraction of sp³-hybridized carbons (Fsp3) is 0.750. The van der Waals surface area contributed by atoms with Crippen LogP contribution in [0, 0.1) is 6.92 Å². The van der Waals surface area contributed by atoms with Gasteiger partial charge in [-0.05, 0) is 32.6 Å². The van der Waals surface area contributed by atoms with E-state index in [1.807, 2.05) is 20.8 Å². The van der Waals surface area contributed by atoms with Crippen LogP contribution in [0.5, 0.6) is 0 Å². The number of aromatic nitrogens is 1. The number of hydrogen-bond acceptors (Lipinski definition) is 4. The molecule has 5 heteroatoms. The molecule has 0 spiro atoms. The van der Waals surface area contributed by atoms with E-state index in [0.29, 0.717) is 30.2 Å². The van der Waals surface area contributed by atoms with E-state index in [-0.39, 0.29) is 5.91 Å². The van der Waals surface area contributed by atoms with Gasteiger partial charge >= 0.3 is 0 Å². The van der Waals surface area contributed by atoms with Crippen LogP contribution >= 0.6 is 11.3 Å². The molecule has 4 nitrogen and oxygen atoms in total. The topological polar surface area (TPSA) is 62.2 Å². The number of carbonyl (C=O) groups excluding carboxylic acids is 1. The van der Waals surface area contributed by atoms with Gasteiger partial charge in [-0.2, -0.15) is 0 Å². The Bertz CT molecular complexity index is 488. The highest BCUT2D eigenvalue weighted by molar-refractivity contribution is 7.13. The monoisotopic (exact) mass is 310 g/mol. The van der Waals surface area contributed by atoms with Gasteiger partial charge in [-0.25, -0.2) is 4.98 Å². The molecule has 1 aromatic heterocycles. The molecule has 0 saturated heterocycles. The Morgan fingerprint density at radius 1 is 1.38 bits per heavy atom. The first-order chi connectivity index (χ1) is 9.99. The van der Waals surface area contributed by atoms with Gasteiger partial charge in [0.15, 0.2) is 0 Å². The molecule has 0 aliphatic heterocycles. The van der Waals surface area contributed by atoms with Gasteiger partial charge in [0.25, 0.3) is 5.91 Å². The van der Waals surface area contributed by atoms with Crippen molar-refractivity contribution in [2.45, 2.75) is 70.8 Å². The second kappa shape index (κ2) is 6.88. The lowest BCUT2D eigenvalue weighted by molar-refractivity contribution is 0.0314. The van der Waals surface area contributed by atoms with Gasteiger partial charge in [0.2, 0.25) is 0 Å². The first-order valence-electron chi connectivity index (χ1n) is 7.97. The minimum atomic E-state index is -0.803. The molecule has 0 aromatic carbocycles. The van der Waals surface area contributed by atoms with E-state index in [1.54, 1.807) is 0 Å². The van der Waals surface area contributed by atoms with Crippen molar-refractivity contribution in [1.29, 1.82) is 0 Å². The van der Waals surface area contributed by atoms with Crippen LogP contribution in [0.3, 0.4) is 0 Å². The summed E-state index contributed by atoms with van der Waals surface area (Å²) < 4.78 is 0. The van der Waals surface area contributed by atoms with Crippen molar-refractivity contribution in [2.24, 2.45) is 0 Å². The normalized spacial score (nSPS) is 16.4. The summed E-state index contributed by atoms with van der Waals surface area (Å²) in [7, 11) is 0. The van der Waals surface area contributed by atoms with Crippen LogP contribution in [0.25, 0.3) is 0 Å². The van der Waals surface area contributed by atoms with E-state index in [2.05, 4.69) is 10.3 Å². The van der Waals surface area contributed by atoms with Gasteiger partial charge < -0.3 is 10.4 Å². The van der Waals surface area contributed by atoms with Crippen LogP contribution in [0.2, 0.25) is 0 Å². The lowest BCUT2D eigenvalue weighted by Crippen LogP contribution is -2.42. The van der Waals surface area contributed by atoms with E-state index in [9.17, 15) is 9.90 Å². The summed E-state index contributed by atoms with van der Waals surface area (Å²) >= 11 is 1.53. The predicted molar refractivity (Wildman–Crippen MR) is 85.9 cm³/mol. The molecule has 1 aromatic rings. The maximum atomic E-state index is 12.3. The number of aryl methyl sites for hydroxylation is 1. The van der Waals surface area contributed by atoms with Crippen LogP contribution < -0.4 is 5.32 Å². The first-order valence-corrected chi connectivity index (χ1v) is 8.78. The van der Waals surface area contributed by atoms with Crippen molar-refractivity contribution in [1.82, 2.24) is 10.3 Å². The summed E-state index contributed by atoms with van der Waals surface area (Å²) in [5.74, 6) is 0.438. The third-order valence-electron chi connectivity index (χ3n) is 4.62. The van der Waals surface area contributed by atoms with Gasteiger partial charge in [-0.3, -0.25) is 4.79 Å². The fourth-order valence-corrected chi connectivity index (χ4v) is 3.95. The maximum absolute atomic E-state index is 12.3. The number of amides is 1. The van der Waals surface area contributed by atoms with Gasteiger partial charge in [0.05, 0.1) is 16.3 Å². The Kier molecular flexibility index (Phi) is 5.38. The minimum absolute atomic E-state index is 0.102. The molecular formula is C16H26N2O2S. The van der Waals surface area contributed by atoms with Crippen molar-refractivity contribution in [3.63, 3.8) is 0 Å². The smallest absolute Gasteiger partial charge is 0.263 e. The van der Waals surface area contributed by atoms with Crippen molar-refractivity contribution < 1.29 is 9.90 Å². The second-order valence-corrected chi connectivity index (χ2v) is 7.09. The highest BCUT2D eigenvalue weighted by Gasteiger charge is 2.26. The molecule has 1 heterocycles. The molecule has 0 radical (unpaired) electrons. The molecule has 1 saturated carbocycles. The zero-order valence-corrected chi connectivity index (χ0v) is 14.1. The third kappa shape index (κ3) is 3.83. The van der Waals surface area contributed by atoms with E-state index in [4.69, 9.17) is 0 Å². The average Bonchev–Trinajstić information content (AvgIpc) is 3.13. The molecule has 0 atom stereocenters. The third-order valence-corrected chi connectivity index (χ3v) is 5.94. The van der Waals surface area contributed by atoms with E-state index < -0.39 is 5.60 Å². The number of rotatable bonds is 6. The SMILES string of the molecule is CCC(O)(CC)CNC(=O)c1sc(C2CCCC2)nc1C. The highest BCUT2D eigenvalue weighted by atomic mass is 32.1. The molecule has 2 rings (SSSR count). The van der Waals surface area contributed by atoms with Crippen molar-refractivity contribution in [2.75, 3.05) is 6.54 Å². The fourth-order valence-electron chi connectivity index (χ4n) is 2.80.